The number of carbonyl (C=O) groups excluding carboxylic acids is 1. The Morgan fingerprint density at radius 1 is 1.40 bits per heavy atom. The van der Waals surface area contributed by atoms with E-state index >= 15 is 0 Å². The van der Waals surface area contributed by atoms with Gasteiger partial charge in [0.1, 0.15) is 6.61 Å². The van der Waals surface area contributed by atoms with Crippen LogP contribution >= 0.6 is 0 Å². The average molecular weight is 276 g/mol. The van der Waals surface area contributed by atoms with Crippen LogP contribution in [0.25, 0.3) is 0 Å². The summed E-state index contributed by atoms with van der Waals surface area (Å²) in [4.78, 5) is 12.0. The SMILES string of the molecule is C=C(NNC(=O)[C@H]1COc2ccccc2O1)[C@@H](C)CC. The van der Waals surface area contributed by atoms with E-state index in [1.165, 1.54) is 0 Å². The number of carbonyl (C=O) groups is 1. The summed E-state index contributed by atoms with van der Waals surface area (Å²) in [5, 5.41) is 0. The fourth-order valence-electron chi connectivity index (χ4n) is 1.74. The van der Waals surface area contributed by atoms with Crippen molar-refractivity contribution in [1.82, 2.24) is 10.9 Å². The fraction of sp³-hybridized carbons (Fsp3) is 0.400. The summed E-state index contributed by atoms with van der Waals surface area (Å²) in [6, 6.07) is 7.29. The molecular formula is C15H20N2O3. The summed E-state index contributed by atoms with van der Waals surface area (Å²) < 4.78 is 11.1. The molecule has 5 heteroatoms. The van der Waals surface area contributed by atoms with Gasteiger partial charge in [0.2, 0.25) is 6.10 Å². The van der Waals surface area contributed by atoms with Crippen LogP contribution in [0, 0.1) is 5.92 Å². The Balaban J connectivity index is 1.87. The van der Waals surface area contributed by atoms with Crippen LogP contribution in [0.2, 0.25) is 0 Å². The standard InChI is InChI=1S/C15H20N2O3/c1-4-10(2)11(3)16-17-15(18)14-9-19-12-7-5-6-8-13(12)20-14/h5-8,10,14,16H,3-4,9H2,1-2H3,(H,17,18)/t10-,14+/m0/s1. The van der Waals surface area contributed by atoms with Gasteiger partial charge in [0.25, 0.3) is 5.91 Å². The van der Waals surface area contributed by atoms with Crippen molar-refractivity contribution in [3.8, 4) is 11.5 Å². The van der Waals surface area contributed by atoms with E-state index in [2.05, 4.69) is 24.4 Å². The van der Waals surface area contributed by atoms with E-state index in [0.29, 0.717) is 17.4 Å². The van der Waals surface area contributed by atoms with Crippen LogP contribution in [0.1, 0.15) is 20.3 Å². The highest BCUT2D eigenvalue weighted by Gasteiger charge is 2.27. The zero-order chi connectivity index (χ0) is 14.5. The minimum absolute atomic E-state index is 0.195. The molecule has 0 aromatic heterocycles. The minimum Gasteiger partial charge on any atom is -0.485 e. The number of fused-ring (bicyclic) bond motifs is 1. The summed E-state index contributed by atoms with van der Waals surface area (Å²) in [5.41, 5.74) is 6.21. The molecule has 1 amide bonds. The molecule has 0 unspecified atom stereocenters. The van der Waals surface area contributed by atoms with Gasteiger partial charge in [0, 0.05) is 5.70 Å². The number of hydrogen-bond acceptors (Lipinski definition) is 4. The number of amides is 1. The van der Waals surface area contributed by atoms with Crippen LogP contribution in [0.5, 0.6) is 11.5 Å². The van der Waals surface area contributed by atoms with Crippen LogP contribution in [-0.2, 0) is 4.79 Å². The molecule has 20 heavy (non-hydrogen) atoms. The lowest BCUT2D eigenvalue weighted by molar-refractivity contribution is -0.131. The predicted octanol–water partition coefficient (Wildman–Crippen LogP) is 2.01. The first kappa shape index (κ1) is 14.2. The first-order chi connectivity index (χ1) is 9.61. The molecule has 108 valence electrons. The first-order valence-corrected chi connectivity index (χ1v) is 6.75. The van der Waals surface area contributed by atoms with E-state index in [4.69, 9.17) is 9.47 Å². The van der Waals surface area contributed by atoms with Gasteiger partial charge in [-0.25, -0.2) is 0 Å². The van der Waals surface area contributed by atoms with E-state index in [1.54, 1.807) is 6.07 Å². The van der Waals surface area contributed by atoms with Crippen molar-refractivity contribution >= 4 is 5.91 Å². The number of ether oxygens (including phenoxy) is 2. The maximum Gasteiger partial charge on any atom is 0.282 e. The number of allylic oxidation sites excluding steroid dienone is 1. The predicted molar refractivity (Wildman–Crippen MR) is 76.2 cm³/mol. The van der Waals surface area contributed by atoms with Gasteiger partial charge in [-0.1, -0.05) is 32.6 Å². The normalized spacial score (nSPS) is 18.0. The summed E-state index contributed by atoms with van der Waals surface area (Å²) in [7, 11) is 0. The molecule has 1 aliphatic heterocycles. The van der Waals surface area contributed by atoms with Crippen LogP contribution in [0.4, 0.5) is 0 Å². The highest BCUT2D eigenvalue weighted by molar-refractivity contribution is 5.81. The van der Waals surface area contributed by atoms with Crippen molar-refractivity contribution in [1.29, 1.82) is 0 Å². The molecule has 1 aliphatic rings. The quantitative estimate of drug-likeness (QED) is 0.808. The van der Waals surface area contributed by atoms with Gasteiger partial charge in [-0.2, -0.15) is 0 Å². The molecular weight excluding hydrogens is 256 g/mol. The Morgan fingerprint density at radius 2 is 2.10 bits per heavy atom. The Morgan fingerprint density at radius 3 is 2.80 bits per heavy atom. The molecule has 2 rings (SSSR count). The lowest BCUT2D eigenvalue weighted by atomic mass is 10.1. The monoisotopic (exact) mass is 276 g/mol. The molecule has 1 heterocycles. The van der Waals surface area contributed by atoms with Crippen LogP contribution in [-0.4, -0.2) is 18.6 Å². The highest BCUT2D eigenvalue weighted by Crippen LogP contribution is 2.30. The topological polar surface area (TPSA) is 59.6 Å². The maximum absolute atomic E-state index is 12.0. The second-order valence-electron chi connectivity index (χ2n) is 4.81. The Hall–Kier alpha value is -2.17. The Kier molecular flexibility index (Phi) is 4.50. The van der Waals surface area contributed by atoms with E-state index in [0.717, 1.165) is 12.1 Å². The molecule has 0 bridgehead atoms. The molecule has 2 atom stereocenters. The summed E-state index contributed by atoms with van der Waals surface area (Å²) >= 11 is 0. The number of nitrogens with one attached hydrogen (secondary N) is 2. The maximum atomic E-state index is 12.0. The van der Waals surface area contributed by atoms with Crippen LogP contribution < -0.4 is 20.3 Å². The van der Waals surface area contributed by atoms with E-state index in [9.17, 15) is 4.79 Å². The van der Waals surface area contributed by atoms with Gasteiger partial charge in [-0.05, 0) is 24.5 Å². The third-order valence-corrected chi connectivity index (χ3v) is 3.35. The van der Waals surface area contributed by atoms with Crippen molar-refractivity contribution in [2.75, 3.05) is 6.61 Å². The van der Waals surface area contributed by atoms with Gasteiger partial charge < -0.3 is 14.9 Å². The largest absolute Gasteiger partial charge is 0.485 e. The van der Waals surface area contributed by atoms with Gasteiger partial charge in [0.15, 0.2) is 11.5 Å². The van der Waals surface area contributed by atoms with E-state index in [-0.39, 0.29) is 12.5 Å². The van der Waals surface area contributed by atoms with E-state index < -0.39 is 6.10 Å². The van der Waals surface area contributed by atoms with Crippen molar-refractivity contribution in [2.24, 2.45) is 5.92 Å². The van der Waals surface area contributed by atoms with Gasteiger partial charge >= 0.3 is 0 Å². The summed E-state index contributed by atoms with van der Waals surface area (Å²) in [6.07, 6.45) is 0.292. The summed E-state index contributed by atoms with van der Waals surface area (Å²) in [6.45, 7) is 8.18. The van der Waals surface area contributed by atoms with Crippen molar-refractivity contribution in [2.45, 2.75) is 26.4 Å². The Bertz CT molecular complexity index is 502. The zero-order valence-corrected chi connectivity index (χ0v) is 11.8. The van der Waals surface area contributed by atoms with Crippen LogP contribution in [0.3, 0.4) is 0 Å². The van der Waals surface area contributed by atoms with Gasteiger partial charge in [-0.15, -0.1) is 0 Å². The third-order valence-electron chi connectivity index (χ3n) is 3.35. The van der Waals surface area contributed by atoms with Crippen molar-refractivity contribution in [3.05, 3.63) is 36.5 Å². The van der Waals surface area contributed by atoms with Crippen LogP contribution in [0.15, 0.2) is 36.5 Å². The molecule has 2 N–H and O–H groups in total. The molecule has 0 fully saturated rings. The molecule has 1 aromatic carbocycles. The summed E-state index contributed by atoms with van der Waals surface area (Å²) in [5.74, 6) is 1.26. The molecule has 0 aliphatic carbocycles. The van der Waals surface area contributed by atoms with Crippen molar-refractivity contribution < 1.29 is 14.3 Å². The molecule has 0 saturated heterocycles. The number of hydrazine groups is 1. The molecule has 0 spiro atoms. The molecule has 0 saturated carbocycles. The third kappa shape index (κ3) is 3.23. The molecule has 0 radical (unpaired) electrons. The lowest BCUT2D eigenvalue weighted by Gasteiger charge is -2.26. The van der Waals surface area contributed by atoms with Gasteiger partial charge in [-0.3, -0.25) is 10.2 Å². The fourth-order valence-corrected chi connectivity index (χ4v) is 1.74. The molecule has 1 aromatic rings. The number of benzene rings is 1. The average Bonchev–Trinajstić information content (AvgIpc) is 2.50. The van der Waals surface area contributed by atoms with Crippen molar-refractivity contribution in [3.63, 3.8) is 0 Å². The smallest absolute Gasteiger partial charge is 0.282 e. The van der Waals surface area contributed by atoms with Gasteiger partial charge in [0.05, 0.1) is 0 Å². The number of para-hydroxylation sites is 2. The highest BCUT2D eigenvalue weighted by atomic mass is 16.6. The number of rotatable bonds is 5. The second kappa shape index (κ2) is 6.32. The first-order valence-electron chi connectivity index (χ1n) is 6.75. The minimum atomic E-state index is -0.665. The van der Waals surface area contributed by atoms with E-state index in [1.807, 2.05) is 25.1 Å². The molecule has 5 nitrogen and oxygen atoms in total. The zero-order valence-electron chi connectivity index (χ0n) is 11.8. The Labute approximate surface area is 118 Å². The number of hydrogen-bond donors (Lipinski definition) is 2. The lowest BCUT2D eigenvalue weighted by Crippen LogP contribution is -2.49. The second-order valence-corrected chi connectivity index (χ2v) is 4.81.